The Morgan fingerprint density at radius 3 is 2.69 bits per heavy atom. The highest BCUT2D eigenvalue weighted by Gasteiger charge is 2.22. The molecular weight excluding hydrogens is 218 g/mol. The monoisotopic (exact) mass is 225 g/mol. The van der Waals surface area contributed by atoms with E-state index in [0.717, 1.165) is 4.68 Å². The number of rotatable bonds is 3. The molecule has 1 aromatic heterocycles. The molecule has 0 spiro atoms. The van der Waals surface area contributed by atoms with Crippen LogP contribution in [0.2, 0.25) is 5.02 Å². The maximum Gasteiger partial charge on any atom is 0.281 e. The molecule has 1 N–H and O–H groups in total. The van der Waals surface area contributed by atoms with Crippen LogP contribution in [-0.2, 0) is 21.9 Å². The lowest BCUT2D eigenvalue weighted by Gasteiger charge is -2.04. The van der Waals surface area contributed by atoms with Crippen molar-refractivity contribution in [2.75, 3.05) is 7.11 Å². The van der Waals surface area contributed by atoms with Crippen molar-refractivity contribution < 1.29 is 13.3 Å². The summed E-state index contributed by atoms with van der Waals surface area (Å²) in [6, 6.07) is 0. The lowest BCUT2D eigenvalue weighted by molar-refractivity contribution is 0.152. The van der Waals surface area contributed by atoms with E-state index in [-0.39, 0.29) is 10.0 Å². The van der Waals surface area contributed by atoms with Gasteiger partial charge in [0.1, 0.15) is 0 Å². The molecule has 0 saturated heterocycles. The highest BCUT2D eigenvalue weighted by Crippen LogP contribution is 2.18. The smallest absolute Gasteiger partial charge is 0.281 e. The summed E-state index contributed by atoms with van der Waals surface area (Å²) < 4.78 is 23.8. The molecular formula is C5H8ClN3O3S. The second-order valence-electron chi connectivity index (χ2n) is 2.21. The molecule has 13 heavy (non-hydrogen) atoms. The number of aryl methyl sites for hydroxylation is 1. The molecule has 0 aromatic carbocycles. The molecule has 0 saturated carbocycles. The number of hydrogen-bond acceptors (Lipinski definition) is 4. The normalized spacial score (nSPS) is 11.9. The molecule has 0 radical (unpaired) electrons. The van der Waals surface area contributed by atoms with E-state index in [9.17, 15) is 8.42 Å². The lowest BCUT2D eigenvalue weighted by Crippen LogP contribution is -2.24. The van der Waals surface area contributed by atoms with Crippen LogP contribution in [-0.4, -0.2) is 25.3 Å². The van der Waals surface area contributed by atoms with Crippen LogP contribution < -0.4 is 4.89 Å². The van der Waals surface area contributed by atoms with E-state index in [4.69, 9.17) is 11.6 Å². The minimum Gasteiger partial charge on any atom is -0.290 e. The topological polar surface area (TPSA) is 73.2 Å². The fourth-order valence-corrected chi connectivity index (χ4v) is 2.32. The zero-order valence-electron chi connectivity index (χ0n) is 6.98. The van der Waals surface area contributed by atoms with Crippen LogP contribution in [0.5, 0.6) is 0 Å². The summed E-state index contributed by atoms with van der Waals surface area (Å²) in [5.74, 6) is 0. The van der Waals surface area contributed by atoms with Crippen molar-refractivity contribution in [3.05, 3.63) is 11.2 Å². The molecule has 1 aromatic rings. The minimum absolute atomic E-state index is 0.0482. The first-order valence-corrected chi connectivity index (χ1v) is 5.07. The Balaban J connectivity index is 3.21. The number of nitrogens with one attached hydrogen (secondary N) is 1. The maximum atomic E-state index is 11.4. The Hall–Kier alpha value is -0.630. The number of halogens is 1. The van der Waals surface area contributed by atoms with Crippen molar-refractivity contribution >= 4 is 21.6 Å². The van der Waals surface area contributed by atoms with Gasteiger partial charge in [0.2, 0.25) is 0 Å². The quantitative estimate of drug-likeness (QED) is 0.730. The van der Waals surface area contributed by atoms with Crippen LogP contribution >= 0.6 is 11.6 Å². The Labute approximate surface area is 80.5 Å². The lowest BCUT2D eigenvalue weighted by atomic mass is 10.7. The summed E-state index contributed by atoms with van der Waals surface area (Å²) in [4.78, 5) is 6.14. The van der Waals surface area contributed by atoms with E-state index in [1.165, 1.54) is 20.4 Å². The van der Waals surface area contributed by atoms with E-state index in [0.29, 0.717) is 0 Å². The molecule has 6 nitrogen and oxygen atoms in total. The van der Waals surface area contributed by atoms with Crippen molar-refractivity contribution in [1.29, 1.82) is 0 Å². The first-order chi connectivity index (χ1) is 5.99. The fraction of sp³-hybridized carbons (Fsp3) is 0.400. The number of aromatic nitrogens is 2. The summed E-state index contributed by atoms with van der Waals surface area (Å²) in [6.45, 7) is 0. The Morgan fingerprint density at radius 2 is 2.31 bits per heavy atom. The molecule has 0 atom stereocenters. The molecule has 0 aliphatic heterocycles. The first-order valence-electron chi connectivity index (χ1n) is 3.21. The highest BCUT2D eigenvalue weighted by atomic mass is 35.5. The van der Waals surface area contributed by atoms with Gasteiger partial charge in [0.05, 0.1) is 18.3 Å². The highest BCUT2D eigenvalue weighted by molar-refractivity contribution is 7.89. The molecule has 0 unspecified atom stereocenters. The van der Waals surface area contributed by atoms with Crippen LogP contribution in [0.4, 0.5) is 0 Å². The third-order valence-corrected chi connectivity index (χ3v) is 3.06. The van der Waals surface area contributed by atoms with E-state index in [1.54, 1.807) is 0 Å². The molecule has 0 fully saturated rings. The van der Waals surface area contributed by atoms with Crippen LogP contribution in [0.1, 0.15) is 0 Å². The average molecular weight is 226 g/mol. The van der Waals surface area contributed by atoms with Gasteiger partial charge in [-0.25, -0.2) is 8.42 Å². The Morgan fingerprint density at radius 1 is 1.69 bits per heavy atom. The summed E-state index contributed by atoms with van der Waals surface area (Å²) >= 11 is 5.61. The van der Waals surface area contributed by atoms with Crippen molar-refractivity contribution in [3.8, 4) is 0 Å². The van der Waals surface area contributed by atoms with Gasteiger partial charge in [0.15, 0.2) is 5.03 Å². The van der Waals surface area contributed by atoms with Gasteiger partial charge >= 0.3 is 0 Å². The van der Waals surface area contributed by atoms with Gasteiger partial charge in [-0.1, -0.05) is 16.5 Å². The van der Waals surface area contributed by atoms with Gasteiger partial charge in [-0.15, -0.1) is 0 Å². The van der Waals surface area contributed by atoms with Gasteiger partial charge in [0.25, 0.3) is 10.0 Å². The summed E-state index contributed by atoms with van der Waals surface area (Å²) in [6.07, 6.45) is 1.24. The molecule has 0 aliphatic carbocycles. The van der Waals surface area contributed by atoms with Gasteiger partial charge in [-0.05, 0) is 0 Å². The standard InChI is InChI=1S/C5H8ClN3O3S/c1-9-5(4(6)3-7-9)13(10,11)8-12-2/h3,8H,1-2H3. The van der Waals surface area contributed by atoms with Crippen LogP contribution in [0.3, 0.4) is 0 Å². The molecule has 0 aliphatic rings. The minimum atomic E-state index is -3.73. The van der Waals surface area contributed by atoms with Crippen LogP contribution in [0.25, 0.3) is 0 Å². The predicted octanol–water partition coefficient (Wildman–Crippen LogP) is -0.0868. The third kappa shape index (κ3) is 1.99. The van der Waals surface area contributed by atoms with Crippen molar-refractivity contribution in [1.82, 2.24) is 14.7 Å². The van der Waals surface area contributed by atoms with E-state index in [2.05, 4.69) is 9.94 Å². The van der Waals surface area contributed by atoms with Gasteiger partial charge in [0, 0.05) is 7.05 Å². The molecule has 8 heteroatoms. The first kappa shape index (κ1) is 10.5. The molecule has 1 heterocycles. The molecule has 0 amide bonds. The van der Waals surface area contributed by atoms with E-state index < -0.39 is 10.0 Å². The van der Waals surface area contributed by atoms with Crippen molar-refractivity contribution in [2.45, 2.75) is 5.03 Å². The number of hydrogen-bond donors (Lipinski definition) is 1. The zero-order chi connectivity index (χ0) is 10.1. The zero-order valence-corrected chi connectivity index (χ0v) is 8.56. The SMILES string of the molecule is CONS(=O)(=O)c1c(Cl)cnn1C. The molecule has 0 bridgehead atoms. The fourth-order valence-electron chi connectivity index (χ4n) is 0.851. The average Bonchev–Trinajstić information content (AvgIpc) is 2.31. The van der Waals surface area contributed by atoms with Crippen LogP contribution in [0.15, 0.2) is 11.2 Å². The van der Waals surface area contributed by atoms with Crippen LogP contribution in [0, 0.1) is 0 Å². The van der Waals surface area contributed by atoms with E-state index in [1.807, 2.05) is 4.89 Å². The second kappa shape index (κ2) is 3.62. The predicted molar refractivity (Wildman–Crippen MR) is 45.5 cm³/mol. The van der Waals surface area contributed by atoms with Gasteiger partial charge < -0.3 is 0 Å². The summed E-state index contributed by atoms with van der Waals surface area (Å²) in [5, 5.41) is 3.59. The molecule has 1 rings (SSSR count). The number of nitrogens with zero attached hydrogens (tertiary/aromatic N) is 2. The van der Waals surface area contributed by atoms with Gasteiger partial charge in [-0.2, -0.15) is 5.10 Å². The van der Waals surface area contributed by atoms with Crippen molar-refractivity contribution in [3.63, 3.8) is 0 Å². The third-order valence-electron chi connectivity index (χ3n) is 1.29. The van der Waals surface area contributed by atoms with Crippen molar-refractivity contribution in [2.24, 2.45) is 7.05 Å². The summed E-state index contributed by atoms with van der Waals surface area (Å²) in [7, 11) is -1.07. The second-order valence-corrected chi connectivity index (χ2v) is 4.18. The number of sulfonamides is 1. The van der Waals surface area contributed by atoms with Gasteiger partial charge in [-0.3, -0.25) is 9.52 Å². The maximum absolute atomic E-state index is 11.4. The Kier molecular flexibility index (Phi) is 2.91. The van der Waals surface area contributed by atoms with E-state index >= 15 is 0 Å². The summed E-state index contributed by atoms with van der Waals surface area (Å²) in [5.41, 5.74) is 0. The molecule has 74 valence electrons. The Bertz CT molecular complexity index is 380. The largest absolute Gasteiger partial charge is 0.290 e.